The molecule has 0 amide bonds. The fourth-order valence-corrected chi connectivity index (χ4v) is 2.04. The van der Waals surface area contributed by atoms with Crippen LogP contribution in [0.5, 0.6) is 5.75 Å². The maximum Gasteiger partial charge on any atom is 0.140 e. The van der Waals surface area contributed by atoms with E-state index in [1.807, 2.05) is 12.1 Å². The van der Waals surface area contributed by atoms with Crippen LogP contribution < -0.4 is 10.5 Å². The van der Waals surface area contributed by atoms with Crippen molar-refractivity contribution in [3.8, 4) is 5.75 Å². The van der Waals surface area contributed by atoms with E-state index in [2.05, 4.69) is 6.07 Å². The van der Waals surface area contributed by atoms with E-state index < -0.39 is 0 Å². The summed E-state index contributed by atoms with van der Waals surface area (Å²) in [6.45, 7) is 0. The average Bonchev–Trinajstić information content (AvgIpc) is 2.94. The molecule has 0 aliphatic heterocycles. The minimum Gasteiger partial charge on any atom is -0.495 e. The number of nitrogens with two attached hydrogens (primary N) is 1. The molecule has 2 rings (SSSR count). The van der Waals surface area contributed by atoms with Gasteiger partial charge in [-0.2, -0.15) is 0 Å². The molecule has 1 saturated carbocycles. The van der Waals surface area contributed by atoms with Gasteiger partial charge in [-0.05, 0) is 37.3 Å². The first-order valence-electron chi connectivity index (χ1n) is 5.25. The third-order valence-corrected chi connectivity index (χ3v) is 3.33. The summed E-state index contributed by atoms with van der Waals surface area (Å²) in [6, 6.07) is 5.85. The molecule has 2 N–H and O–H groups in total. The lowest BCUT2D eigenvalue weighted by Crippen LogP contribution is -2.22. The molecule has 0 heterocycles. The summed E-state index contributed by atoms with van der Waals surface area (Å²) in [5.41, 5.74) is 7.30. The Morgan fingerprint density at radius 1 is 1.47 bits per heavy atom. The van der Waals surface area contributed by atoms with Crippen molar-refractivity contribution in [1.29, 1.82) is 0 Å². The SMILES string of the molecule is COc1c(Cl)cccc1CCC1(N)CC1. The van der Waals surface area contributed by atoms with Crippen molar-refractivity contribution in [3.05, 3.63) is 28.8 Å². The molecule has 1 aromatic rings. The fourth-order valence-electron chi connectivity index (χ4n) is 1.77. The molecule has 1 aromatic carbocycles. The van der Waals surface area contributed by atoms with Gasteiger partial charge >= 0.3 is 0 Å². The summed E-state index contributed by atoms with van der Waals surface area (Å²) >= 11 is 6.04. The Hall–Kier alpha value is -0.730. The lowest BCUT2D eigenvalue weighted by Gasteiger charge is -2.12. The van der Waals surface area contributed by atoms with Crippen LogP contribution >= 0.6 is 11.6 Å². The molecule has 1 aliphatic rings. The van der Waals surface area contributed by atoms with Gasteiger partial charge in [0.25, 0.3) is 0 Å². The molecule has 3 heteroatoms. The molecule has 0 bridgehead atoms. The van der Waals surface area contributed by atoms with Gasteiger partial charge in [0.2, 0.25) is 0 Å². The van der Waals surface area contributed by atoms with E-state index >= 15 is 0 Å². The van der Waals surface area contributed by atoms with Crippen LogP contribution in [0.15, 0.2) is 18.2 Å². The van der Waals surface area contributed by atoms with Crippen LogP contribution in [0.2, 0.25) is 5.02 Å². The fraction of sp³-hybridized carbons (Fsp3) is 0.500. The summed E-state index contributed by atoms with van der Waals surface area (Å²) in [5.74, 6) is 0.795. The van der Waals surface area contributed by atoms with Crippen molar-refractivity contribution in [1.82, 2.24) is 0 Å². The third-order valence-electron chi connectivity index (χ3n) is 3.04. The van der Waals surface area contributed by atoms with Gasteiger partial charge in [-0.1, -0.05) is 23.7 Å². The van der Waals surface area contributed by atoms with Crippen LogP contribution in [-0.4, -0.2) is 12.6 Å². The molecular weight excluding hydrogens is 210 g/mol. The summed E-state index contributed by atoms with van der Waals surface area (Å²) in [5, 5.41) is 0.678. The first-order valence-corrected chi connectivity index (χ1v) is 5.63. The zero-order chi connectivity index (χ0) is 10.9. The van der Waals surface area contributed by atoms with Crippen molar-refractivity contribution < 1.29 is 4.74 Å². The van der Waals surface area contributed by atoms with E-state index in [9.17, 15) is 0 Å². The first kappa shape index (κ1) is 10.8. The number of para-hydroxylation sites is 1. The zero-order valence-corrected chi connectivity index (χ0v) is 9.68. The first-order chi connectivity index (χ1) is 7.14. The van der Waals surface area contributed by atoms with Crippen LogP contribution in [0.4, 0.5) is 0 Å². The number of halogens is 1. The number of rotatable bonds is 4. The number of aryl methyl sites for hydroxylation is 1. The average molecular weight is 226 g/mol. The number of hydrogen-bond donors (Lipinski definition) is 1. The van der Waals surface area contributed by atoms with Gasteiger partial charge in [-0.3, -0.25) is 0 Å². The van der Waals surface area contributed by atoms with Crippen LogP contribution in [0.1, 0.15) is 24.8 Å². The smallest absolute Gasteiger partial charge is 0.140 e. The third kappa shape index (κ3) is 2.44. The Balaban J connectivity index is 2.09. The maximum absolute atomic E-state index is 6.05. The zero-order valence-electron chi connectivity index (χ0n) is 8.92. The van der Waals surface area contributed by atoms with Crippen LogP contribution in [0.25, 0.3) is 0 Å². The second-order valence-electron chi connectivity index (χ2n) is 4.29. The van der Waals surface area contributed by atoms with Crippen molar-refractivity contribution in [3.63, 3.8) is 0 Å². The van der Waals surface area contributed by atoms with Crippen LogP contribution in [-0.2, 0) is 6.42 Å². The lowest BCUT2D eigenvalue weighted by atomic mass is 10.0. The van der Waals surface area contributed by atoms with Gasteiger partial charge in [0.15, 0.2) is 0 Å². The van der Waals surface area contributed by atoms with Gasteiger partial charge in [0.1, 0.15) is 5.75 Å². The molecule has 2 nitrogen and oxygen atoms in total. The van der Waals surface area contributed by atoms with E-state index in [4.69, 9.17) is 22.1 Å². The van der Waals surface area contributed by atoms with Crippen molar-refractivity contribution >= 4 is 11.6 Å². The van der Waals surface area contributed by atoms with E-state index in [0.29, 0.717) is 5.02 Å². The van der Waals surface area contributed by atoms with E-state index in [1.165, 1.54) is 0 Å². The van der Waals surface area contributed by atoms with Crippen LogP contribution in [0, 0.1) is 0 Å². The molecule has 1 aliphatic carbocycles. The largest absolute Gasteiger partial charge is 0.495 e. The molecule has 0 atom stereocenters. The van der Waals surface area contributed by atoms with E-state index in [-0.39, 0.29) is 5.54 Å². The van der Waals surface area contributed by atoms with Crippen molar-refractivity contribution in [2.45, 2.75) is 31.2 Å². The molecule has 0 radical (unpaired) electrons. The monoisotopic (exact) mass is 225 g/mol. The number of methoxy groups -OCH3 is 1. The number of benzene rings is 1. The summed E-state index contributed by atoms with van der Waals surface area (Å²) < 4.78 is 5.29. The molecule has 0 saturated heterocycles. The van der Waals surface area contributed by atoms with Gasteiger partial charge in [0.05, 0.1) is 12.1 Å². The van der Waals surface area contributed by atoms with Crippen molar-refractivity contribution in [2.75, 3.05) is 7.11 Å². The molecule has 0 unspecified atom stereocenters. The van der Waals surface area contributed by atoms with Crippen LogP contribution in [0.3, 0.4) is 0 Å². The lowest BCUT2D eigenvalue weighted by molar-refractivity contribution is 0.408. The van der Waals surface area contributed by atoms with Gasteiger partial charge in [-0.15, -0.1) is 0 Å². The minimum absolute atomic E-state index is 0.0906. The highest BCUT2D eigenvalue weighted by molar-refractivity contribution is 6.32. The highest BCUT2D eigenvalue weighted by Crippen LogP contribution is 2.38. The number of hydrogen-bond acceptors (Lipinski definition) is 2. The standard InChI is InChI=1S/C12H16ClNO/c1-15-11-9(3-2-4-10(11)13)5-6-12(14)7-8-12/h2-4H,5-8,14H2,1H3. The van der Waals surface area contributed by atoms with Crippen molar-refractivity contribution in [2.24, 2.45) is 5.73 Å². The Labute approximate surface area is 95.4 Å². The predicted molar refractivity (Wildman–Crippen MR) is 62.5 cm³/mol. The normalized spacial score (nSPS) is 17.5. The topological polar surface area (TPSA) is 35.2 Å². The Bertz CT molecular complexity index is 361. The Morgan fingerprint density at radius 3 is 2.80 bits per heavy atom. The van der Waals surface area contributed by atoms with E-state index in [0.717, 1.165) is 37.0 Å². The van der Waals surface area contributed by atoms with Gasteiger partial charge < -0.3 is 10.5 Å². The maximum atomic E-state index is 6.05. The predicted octanol–water partition coefficient (Wildman–Crippen LogP) is 2.77. The quantitative estimate of drug-likeness (QED) is 0.855. The second kappa shape index (κ2) is 4.03. The molecule has 0 aromatic heterocycles. The van der Waals surface area contributed by atoms with E-state index in [1.54, 1.807) is 7.11 Å². The highest BCUT2D eigenvalue weighted by atomic mass is 35.5. The second-order valence-corrected chi connectivity index (χ2v) is 4.70. The summed E-state index contributed by atoms with van der Waals surface area (Å²) in [7, 11) is 1.65. The Kier molecular flexibility index (Phi) is 2.89. The highest BCUT2D eigenvalue weighted by Gasteiger charge is 2.37. The molecule has 82 valence electrons. The summed E-state index contributed by atoms with van der Waals surface area (Å²) in [6.07, 6.45) is 4.26. The molecule has 1 fully saturated rings. The molecular formula is C12H16ClNO. The van der Waals surface area contributed by atoms with Gasteiger partial charge in [0, 0.05) is 5.54 Å². The summed E-state index contributed by atoms with van der Waals surface area (Å²) in [4.78, 5) is 0. The Morgan fingerprint density at radius 2 is 2.20 bits per heavy atom. The van der Waals surface area contributed by atoms with Gasteiger partial charge in [-0.25, -0.2) is 0 Å². The minimum atomic E-state index is 0.0906. The number of ether oxygens (including phenoxy) is 1. The molecule has 0 spiro atoms. The molecule has 15 heavy (non-hydrogen) atoms.